The number of fused-ring (bicyclic) bond motifs is 1. The van der Waals surface area contributed by atoms with Gasteiger partial charge < -0.3 is 20.2 Å². The maximum absolute atomic E-state index is 12.4. The highest BCUT2D eigenvalue weighted by atomic mass is 35.5. The molecule has 0 spiro atoms. The molecule has 6 heteroatoms. The van der Waals surface area contributed by atoms with Crippen LogP contribution in [0.2, 0.25) is 5.02 Å². The third-order valence-corrected chi connectivity index (χ3v) is 3.89. The second-order valence-electron chi connectivity index (χ2n) is 5.04. The number of rotatable bonds is 3. The molecule has 0 atom stereocenters. The number of pyridine rings is 1. The molecule has 118 valence electrons. The van der Waals surface area contributed by atoms with Crippen molar-refractivity contribution in [2.75, 3.05) is 20.0 Å². The van der Waals surface area contributed by atoms with Gasteiger partial charge in [-0.3, -0.25) is 4.79 Å². The lowest BCUT2D eigenvalue weighted by atomic mass is 10.1. The molecule has 0 saturated carbocycles. The minimum Gasteiger partial charge on any atom is -0.493 e. The standard InChI is InChI=1S/C17H15ClN2O3/c1-22-15-6-9-5-14(11-4-3-10(18)7-13(11)19)20-17(21)12(9)8-16(15)23-2/h3-8H,19H2,1-2H3,(H,20,21). The van der Waals surface area contributed by atoms with Crippen molar-refractivity contribution in [1.29, 1.82) is 0 Å². The Morgan fingerprint density at radius 3 is 2.39 bits per heavy atom. The van der Waals surface area contributed by atoms with Crippen LogP contribution in [-0.4, -0.2) is 19.2 Å². The Morgan fingerprint density at radius 1 is 1.04 bits per heavy atom. The smallest absolute Gasteiger partial charge is 0.256 e. The van der Waals surface area contributed by atoms with Crippen LogP contribution >= 0.6 is 11.6 Å². The normalized spacial score (nSPS) is 10.7. The lowest BCUT2D eigenvalue weighted by molar-refractivity contribution is 0.356. The average Bonchev–Trinajstić information content (AvgIpc) is 2.53. The topological polar surface area (TPSA) is 77.3 Å². The van der Waals surface area contributed by atoms with E-state index >= 15 is 0 Å². The summed E-state index contributed by atoms with van der Waals surface area (Å²) in [6.45, 7) is 0. The quantitative estimate of drug-likeness (QED) is 0.721. The Morgan fingerprint density at radius 2 is 1.74 bits per heavy atom. The number of anilines is 1. The van der Waals surface area contributed by atoms with E-state index in [-0.39, 0.29) is 5.56 Å². The van der Waals surface area contributed by atoms with E-state index in [0.717, 1.165) is 5.39 Å². The number of methoxy groups -OCH3 is 2. The van der Waals surface area contributed by atoms with Crippen LogP contribution in [0.5, 0.6) is 11.5 Å². The first-order valence-electron chi connectivity index (χ1n) is 6.88. The van der Waals surface area contributed by atoms with Gasteiger partial charge in [0.1, 0.15) is 0 Å². The molecule has 0 aliphatic rings. The molecular weight excluding hydrogens is 316 g/mol. The molecule has 0 aliphatic heterocycles. The van der Waals surface area contributed by atoms with Gasteiger partial charge in [-0.2, -0.15) is 0 Å². The Kier molecular flexibility index (Phi) is 3.88. The van der Waals surface area contributed by atoms with Crippen LogP contribution in [-0.2, 0) is 0 Å². The number of nitrogens with two attached hydrogens (primary N) is 1. The van der Waals surface area contributed by atoms with E-state index in [1.807, 2.05) is 6.07 Å². The number of ether oxygens (including phenoxy) is 2. The van der Waals surface area contributed by atoms with Crippen LogP contribution in [0.3, 0.4) is 0 Å². The predicted molar refractivity (Wildman–Crippen MR) is 92.5 cm³/mol. The van der Waals surface area contributed by atoms with E-state index in [1.165, 1.54) is 7.11 Å². The van der Waals surface area contributed by atoms with Crippen molar-refractivity contribution < 1.29 is 9.47 Å². The number of hydrogen-bond acceptors (Lipinski definition) is 4. The summed E-state index contributed by atoms with van der Waals surface area (Å²) in [5, 5.41) is 1.79. The summed E-state index contributed by atoms with van der Waals surface area (Å²) in [5.41, 5.74) is 7.59. The number of halogens is 1. The summed E-state index contributed by atoms with van der Waals surface area (Å²) in [5.74, 6) is 1.06. The van der Waals surface area contributed by atoms with Crippen LogP contribution in [0, 0.1) is 0 Å². The van der Waals surface area contributed by atoms with Crippen LogP contribution in [0.25, 0.3) is 22.0 Å². The highest BCUT2D eigenvalue weighted by molar-refractivity contribution is 6.31. The van der Waals surface area contributed by atoms with Gasteiger partial charge >= 0.3 is 0 Å². The zero-order valence-electron chi connectivity index (χ0n) is 12.6. The predicted octanol–water partition coefficient (Wildman–Crippen LogP) is 3.45. The average molecular weight is 331 g/mol. The first-order chi connectivity index (χ1) is 11.0. The Balaban J connectivity index is 2.27. The Hall–Kier alpha value is -2.66. The molecule has 1 heterocycles. The Labute approximate surface area is 137 Å². The van der Waals surface area contributed by atoms with Crippen molar-refractivity contribution in [3.05, 3.63) is 51.8 Å². The summed E-state index contributed by atoms with van der Waals surface area (Å²) in [7, 11) is 3.08. The number of hydrogen-bond donors (Lipinski definition) is 2. The zero-order chi connectivity index (χ0) is 16.6. The number of aromatic nitrogens is 1. The third-order valence-electron chi connectivity index (χ3n) is 3.65. The van der Waals surface area contributed by atoms with Crippen molar-refractivity contribution in [3.63, 3.8) is 0 Å². The monoisotopic (exact) mass is 330 g/mol. The fraction of sp³-hybridized carbons (Fsp3) is 0.118. The van der Waals surface area contributed by atoms with Crippen LogP contribution in [0.15, 0.2) is 41.2 Å². The summed E-state index contributed by atoms with van der Waals surface area (Å²) in [6, 6.07) is 10.4. The van der Waals surface area contributed by atoms with Crippen molar-refractivity contribution in [1.82, 2.24) is 4.98 Å². The molecule has 0 unspecified atom stereocenters. The van der Waals surface area contributed by atoms with Crippen molar-refractivity contribution in [2.24, 2.45) is 0 Å². The van der Waals surface area contributed by atoms with E-state index < -0.39 is 0 Å². The SMILES string of the molecule is COc1cc2cc(-c3ccc(Cl)cc3N)[nH]c(=O)c2cc1OC. The summed E-state index contributed by atoms with van der Waals surface area (Å²) in [4.78, 5) is 15.2. The van der Waals surface area contributed by atoms with E-state index in [0.29, 0.717) is 38.9 Å². The molecule has 0 radical (unpaired) electrons. The molecule has 1 aromatic heterocycles. The third kappa shape index (κ3) is 2.71. The molecule has 0 saturated heterocycles. The van der Waals surface area contributed by atoms with Gasteiger partial charge in [-0.1, -0.05) is 11.6 Å². The molecule has 5 nitrogen and oxygen atoms in total. The van der Waals surface area contributed by atoms with Gasteiger partial charge in [-0.25, -0.2) is 0 Å². The minimum absolute atomic E-state index is 0.229. The number of benzene rings is 2. The van der Waals surface area contributed by atoms with Gasteiger partial charge in [0.25, 0.3) is 5.56 Å². The van der Waals surface area contributed by atoms with Gasteiger partial charge in [-0.05, 0) is 41.8 Å². The van der Waals surface area contributed by atoms with Gasteiger partial charge in [-0.15, -0.1) is 0 Å². The molecule has 3 N–H and O–H groups in total. The van der Waals surface area contributed by atoms with Gasteiger partial charge in [0.05, 0.1) is 25.3 Å². The van der Waals surface area contributed by atoms with Crippen molar-refractivity contribution in [3.8, 4) is 22.8 Å². The van der Waals surface area contributed by atoms with Crippen LogP contribution in [0.4, 0.5) is 5.69 Å². The molecule has 0 amide bonds. The fourth-order valence-corrected chi connectivity index (χ4v) is 2.70. The van der Waals surface area contributed by atoms with Crippen LogP contribution in [0.1, 0.15) is 0 Å². The van der Waals surface area contributed by atoms with Gasteiger partial charge in [0.15, 0.2) is 11.5 Å². The zero-order valence-corrected chi connectivity index (χ0v) is 13.4. The van der Waals surface area contributed by atoms with E-state index in [4.69, 9.17) is 26.8 Å². The second kappa shape index (κ2) is 5.85. The first kappa shape index (κ1) is 15.2. The van der Waals surface area contributed by atoms with Crippen LogP contribution < -0.4 is 20.8 Å². The van der Waals surface area contributed by atoms with E-state index in [2.05, 4.69) is 4.98 Å². The molecular formula is C17H15ClN2O3. The molecule has 3 aromatic rings. The number of H-pyrrole nitrogens is 1. The maximum Gasteiger partial charge on any atom is 0.256 e. The second-order valence-corrected chi connectivity index (χ2v) is 5.47. The van der Waals surface area contributed by atoms with Crippen molar-refractivity contribution in [2.45, 2.75) is 0 Å². The minimum atomic E-state index is -0.229. The summed E-state index contributed by atoms with van der Waals surface area (Å²) in [6.07, 6.45) is 0. The highest BCUT2D eigenvalue weighted by Crippen LogP contribution is 2.33. The largest absolute Gasteiger partial charge is 0.493 e. The first-order valence-corrected chi connectivity index (χ1v) is 7.25. The molecule has 23 heavy (non-hydrogen) atoms. The van der Waals surface area contributed by atoms with E-state index in [1.54, 1.807) is 37.4 Å². The maximum atomic E-state index is 12.4. The number of nitrogens with one attached hydrogen (secondary N) is 1. The van der Waals surface area contributed by atoms with Gasteiger partial charge in [0.2, 0.25) is 0 Å². The molecule has 0 fully saturated rings. The molecule has 3 rings (SSSR count). The number of aromatic amines is 1. The Bertz CT molecular complexity index is 950. The summed E-state index contributed by atoms with van der Waals surface area (Å²) < 4.78 is 10.5. The molecule has 0 aliphatic carbocycles. The lowest BCUT2D eigenvalue weighted by Crippen LogP contribution is -2.08. The lowest BCUT2D eigenvalue weighted by Gasteiger charge is -2.11. The fourth-order valence-electron chi connectivity index (χ4n) is 2.52. The molecule has 2 aromatic carbocycles. The summed E-state index contributed by atoms with van der Waals surface area (Å²) >= 11 is 5.92. The van der Waals surface area contributed by atoms with Gasteiger partial charge in [0, 0.05) is 16.3 Å². The number of nitrogen functional groups attached to an aromatic ring is 1. The highest BCUT2D eigenvalue weighted by Gasteiger charge is 2.11. The van der Waals surface area contributed by atoms with E-state index in [9.17, 15) is 4.79 Å². The van der Waals surface area contributed by atoms with Crippen molar-refractivity contribution >= 4 is 28.1 Å². The molecule has 0 bridgehead atoms.